The Morgan fingerprint density at radius 2 is 2.11 bits per heavy atom. The molecule has 0 aromatic heterocycles. The van der Waals surface area contributed by atoms with Gasteiger partial charge in [-0.3, -0.25) is 14.6 Å². The fourth-order valence-electron chi connectivity index (χ4n) is 4.55. The molecule has 7 nitrogen and oxygen atoms in total. The van der Waals surface area contributed by atoms with Gasteiger partial charge >= 0.3 is 0 Å². The van der Waals surface area contributed by atoms with E-state index in [1.165, 1.54) is 0 Å². The van der Waals surface area contributed by atoms with Crippen molar-refractivity contribution in [1.82, 2.24) is 10.4 Å². The van der Waals surface area contributed by atoms with Crippen LogP contribution in [0.25, 0.3) is 0 Å². The van der Waals surface area contributed by atoms with Crippen LogP contribution in [0.2, 0.25) is 0 Å². The van der Waals surface area contributed by atoms with E-state index in [0.717, 1.165) is 44.5 Å². The van der Waals surface area contributed by atoms with Gasteiger partial charge in [0.25, 0.3) is 0 Å². The van der Waals surface area contributed by atoms with Gasteiger partial charge in [0.1, 0.15) is 11.4 Å². The molecule has 3 aliphatic rings. The maximum Gasteiger partial charge on any atom is 0.196 e. The molecule has 0 saturated carbocycles. The van der Waals surface area contributed by atoms with E-state index in [-0.39, 0.29) is 5.78 Å². The lowest BCUT2D eigenvalue weighted by Gasteiger charge is -2.46. The smallest absolute Gasteiger partial charge is 0.196 e. The number of hydroxylamine groups is 1. The summed E-state index contributed by atoms with van der Waals surface area (Å²) < 4.78 is 6.50. The van der Waals surface area contributed by atoms with Crippen LogP contribution in [0, 0.1) is 0 Å². The number of aliphatic hydroxyl groups is 1. The summed E-state index contributed by atoms with van der Waals surface area (Å²) in [6.07, 6.45) is 14.6. The topological polar surface area (TPSA) is 83.4 Å². The van der Waals surface area contributed by atoms with Crippen LogP contribution in [0.15, 0.2) is 77.2 Å². The zero-order valence-corrected chi connectivity index (χ0v) is 22.0. The van der Waals surface area contributed by atoms with E-state index < -0.39 is 11.8 Å². The summed E-state index contributed by atoms with van der Waals surface area (Å²) in [6, 6.07) is 0.461. The molecule has 196 valence electrons. The average molecular weight is 496 g/mol. The van der Waals surface area contributed by atoms with Gasteiger partial charge in [-0.05, 0) is 26.3 Å². The predicted molar refractivity (Wildman–Crippen MR) is 144 cm³/mol. The molecule has 0 amide bonds. The van der Waals surface area contributed by atoms with Crippen LogP contribution >= 0.6 is 0 Å². The van der Waals surface area contributed by atoms with Crippen LogP contribution < -0.4 is 5.48 Å². The number of nitrogens with one attached hydrogen (secondary N) is 1. The number of aliphatic imine (C=N–C) groups is 1. The second kappa shape index (κ2) is 13.1. The number of likely N-dealkylation sites (tertiary alicyclic amines) is 1. The number of allylic oxidation sites excluding steroid dienone is 5. The van der Waals surface area contributed by atoms with Crippen molar-refractivity contribution in [3.05, 3.63) is 72.2 Å². The van der Waals surface area contributed by atoms with Crippen molar-refractivity contribution in [2.75, 3.05) is 19.7 Å². The van der Waals surface area contributed by atoms with E-state index in [1.807, 2.05) is 24.3 Å². The van der Waals surface area contributed by atoms with Gasteiger partial charge in [0.2, 0.25) is 0 Å². The van der Waals surface area contributed by atoms with E-state index in [0.29, 0.717) is 48.0 Å². The Balaban J connectivity index is 1.67. The van der Waals surface area contributed by atoms with Crippen LogP contribution in [0.5, 0.6) is 0 Å². The number of ketones is 1. The largest absolute Gasteiger partial charge is 0.482 e. The molecule has 3 heterocycles. The highest BCUT2D eigenvalue weighted by Gasteiger charge is 2.46. The number of carbonyl (C=O) groups excluding carboxylic acids is 1. The minimum absolute atomic E-state index is 0.0844. The molecule has 1 fully saturated rings. The first-order valence-corrected chi connectivity index (χ1v) is 13.0. The number of piperidine rings is 1. The Labute approximate surface area is 215 Å². The van der Waals surface area contributed by atoms with E-state index in [1.54, 1.807) is 12.3 Å². The Morgan fingerprint density at radius 1 is 1.36 bits per heavy atom. The zero-order valence-electron chi connectivity index (χ0n) is 22.0. The number of unbranched alkanes of at least 4 members (excludes halogenated alkanes) is 1. The lowest BCUT2D eigenvalue weighted by atomic mass is 9.78. The number of hydrogen-bond acceptors (Lipinski definition) is 7. The summed E-state index contributed by atoms with van der Waals surface area (Å²) >= 11 is 0. The van der Waals surface area contributed by atoms with Gasteiger partial charge in [0.05, 0.1) is 12.2 Å². The molecule has 2 N–H and O–H groups in total. The predicted octanol–water partition coefficient (Wildman–Crippen LogP) is 4.70. The van der Waals surface area contributed by atoms with Crippen LogP contribution in [-0.4, -0.2) is 59.1 Å². The molecule has 0 bridgehead atoms. The first kappa shape index (κ1) is 28.0. The maximum atomic E-state index is 13.1. The Kier molecular flexibility index (Phi) is 10.2. The average Bonchev–Trinajstić information content (AvgIpc) is 3.11. The Morgan fingerprint density at radius 3 is 2.78 bits per heavy atom. The third-order valence-electron chi connectivity index (χ3n) is 6.97. The molecule has 1 atom stereocenters. The molecular weight excluding hydrogens is 454 g/mol. The minimum atomic E-state index is -0.940. The molecule has 0 aromatic rings. The highest BCUT2D eigenvalue weighted by atomic mass is 16.7. The van der Waals surface area contributed by atoms with Crippen LogP contribution in [0.1, 0.15) is 59.3 Å². The first-order chi connectivity index (χ1) is 17.3. The number of Topliss-reactive ketones (excluding diaryl/α,β-unsaturated/α-hetero) is 1. The lowest BCUT2D eigenvalue weighted by molar-refractivity contribution is -0.118. The molecule has 3 aliphatic heterocycles. The van der Waals surface area contributed by atoms with Gasteiger partial charge in [0, 0.05) is 67.9 Å². The highest BCUT2D eigenvalue weighted by Crippen LogP contribution is 2.41. The number of carbonyl (C=O) groups is 1. The van der Waals surface area contributed by atoms with Crippen molar-refractivity contribution in [2.24, 2.45) is 4.99 Å². The van der Waals surface area contributed by atoms with Gasteiger partial charge in [-0.2, -0.15) is 5.48 Å². The minimum Gasteiger partial charge on any atom is -0.482 e. The fraction of sp³-hybridized carbons (Fsp3) is 0.517. The third kappa shape index (κ3) is 6.79. The van der Waals surface area contributed by atoms with E-state index in [2.05, 4.69) is 49.3 Å². The monoisotopic (exact) mass is 495 g/mol. The van der Waals surface area contributed by atoms with Crippen molar-refractivity contribution in [3.63, 3.8) is 0 Å². The molecule has 0 aliphatic carbocycles. The van der Waals surface area contributed by atoms with Gasteiger partial charge < -0.3 is 14.7 Å². The molecule has 0 radical (unpaired) electrons. The molecule has 0 aromatic carbocycles. The molecule has 1 spiro atoms. The molecule has 36 heavy (non-hydrogen) atoms. The first-order valence-electron chi connectivity index (χ1n) is 13.0. The summed E-state index contributed by atoms with van der Waals surface area (Å²) in [5, 5.41) is 10.3. The molecular formula is C29H41N3O4. The van der Waals surface area contributed by atoms with Gasteiger partial charge in [-0.25, -0.2) is 0 Å². The summed E-state index contributed by atoms with van der Waals surface area (Å²) in [6.45, 7) is 16.7. The van der Waals surface area contributed by atoms with Crippen LogP contribution in [-0.2, 0) is 14.4 Å². The number of ether oxygens (including phenoxy) is 1. The number of hydrogen-bond donors (Lipinski definition) is 2. The Hall–Kier alpha value is -2.58. The molecule has 1 saturated heterocycles. The van der Waals surface area contributed by atoms with Crippen molar-refractivity contribution < 1.29 is 19.5 Å². The van der Waals surface area contributed by atoms with E-state index in [4.69, 9.17) is 9.57 Å². The van der Waals surface area contributed by atoms with Crippen LogP contribution in [0.3, 0.4) is 0 Å². The maximum absolute atomic E-state index is 13.1. The summed E-state index contributed by atoms with van der Waals surface area (Å²) in [4.78, 5) is 25.4. The number of rotatable bonds is 11. The van der Waals surface area contributed by atoms with Crippen molar-refractivity contribution in [1.29, 1.82) is 0 Å². The van der Waals surface area contributed by atoms with Gasteiger partial charge in [-0.15, -0.1) is 0 Å². The molecule has 7 heteroatoms. The van der Waals surface area contributed by atoms with Crippen molar-refractivity contribution >= 4 is 11.5 Å². The third-order valence-corrected chi connectivity index (χ3v) is 6.97. The summed E-state index contributed by atoms with van der Waals surface area (Å²) in [5.74, 6) is 0.462. The highest BCUT2D eigenvalue weighted by molar-refractivity contribution is 6.12. The van der Waals surface area contributed by atoms with Gasteiger partial charge in [0.15, 0.2) is 12.0 Å². The summed E-state index contributed by atoms with van der Waals surface area (Å²) in [7, 11) is 0. The second-order valence-corrected chi connectivity index (χ2v) is 9.78. The Bertz CT molecular complexity index is 978. The van der Waals surface area contributed by atoms with E-state index >= 15 is 0 Å². The number of nitrogens with zero attached hydrogens (tertiary/aromatic N) is 2. The van der Waals surface area contributed by atoms with Crippen LogP contribution in [0.4, 0.5) is 0 Å². The van der Waals surface area contributed by atoms with Crippen molar-refractivity contribution in [2.45, 2.75) is 77.2 Å². The van der Waals surface area contributed by atoms with E-state index in [9.17, 15) is 9.90 Å². The van der Waals surface area contributed by atoms with Crippen molar-refractivity contribution in [3.8, 4) is 0 Å². The lowest BCUT2D eigenvalue weighted by Crippen LogP contribution is -2.51. The molecule has 1 unspecified atom stereocenters. The summed E-state index contributed by atoms with van der Waals surface area (Å²) in [5.41, 5.74) is 4.55. The fourth-order valence-corrected chi connectivity index (χ4v) is 4.55. The quantitative estimate of drug-likeness (QED) is 0.187. The zero-order chi connectivity index (χ0) is 26.1. The van der Waals surface area contributed by atoms with Gasteiger partial charge in [-0.1, -0.05) is 50.8 Å². The number of aliphatic hydroxyl groups excluding tert-OH is 1. The normalized spacial score (nSPS) is 21.6. The standard InChI is InChI=1S/C29H41N3O4/c1-6-8-19-35-31-28(34)23-11-9-12-24(30-20-23)13-10-14-26-25(7-2)27(33)22(5)29(36-26)15-17-32(18-16-29)21(3)4/h7,9-11,14,20-21,28,31,34H,2,5-6,8,12-13,15-19H2,1,3-4H3/b14-10-. The SMILES string of the molecule is C=CC1=C(/C=C\CC2=NC=C(C(O)NOCCCC)C=CC2)OC2(CCN(C(C)C)CC2)C(=C)C1=O. The molecule has 3 rings (SSSR count). The second-order valence-electron chi connectivity index (χ2n) is 9.78.